The molecule has 0 saturated carbocycles. The molecule has 4 rings (SSSR count). The highest BCUT2D eigenvalue weighted by molar-refractivity contribution is 7.98. The molecular formula is C22H23FN4O2S. The van der Waals surface area contributed by atoms with E-state index in [4.69, 9.17) is 0 Å². The number of halogens is 1. The monoisotopic (exact) mass is 426 g/mol. The largest absolute Gasteiger partial charge is 0.348 e. The highest BCUT2D eigenvalue weighted by Gasteiger charge is 2.26. The van der Waals surface area contributed by atoms with E-state index in [9.17, 15) is 14.0 Å². The normalized spacial score (nSPS) is 14.8. The third-order valence-electron chi connectivity index (χ3n) is 5.55. The van der Waals surface area contributed by atoms with Crippen molar-refractivity contribution in [2.75, 3.05) is 19.3 Å². The molecule has 8 heteroatoms. The second-order valence-electron chi connectivity index (χ2n) is 7.37. The van der Waals surface area contributed by atoms with Gasteiger partial charge in [-0.1, -0.05) is 24.3 Å². The Hall–Kier alpha value is -2.87. The summed E-state index contributed by atoms with van der Waals surface area (Å²) in [6.07, 6.45) is 4.14. The molecule has 3 aromatic rings. The number of H-pyrrole nitrogens is 1. The average molecular weight is 427 g/mol. The molecule has 1 aromatic heterocycles. The lowest BCUT2D eigenvalue weighted by atomic mass is 9.92. The van der Waals surface area contributed by atoms with Gasteiger partial charge in [-0.3, -0.25) is 4.79 Å². The predicted octanol–water partition coefficient (Wildman–Crippen LogP) is 3.52. The Morgan fingerprint density at radius 3 is 2.60 bits per heavy atom. The van der Waals surface area contributed by atoms with Gasteiger partial charge in [-0.15, -0.1) is 11.8 Å². The van der Waals surface area contributed by atoms with Crippen molar-refractivity contribution in [2.45, 2.75) is 24.2 Å². The van der Waals surface area contributed by atoms with E-state index in [1.54, 1.807) is 30.0 Å². The lowest BCUT2D eigenvalue weighted by molar-refractivity contribution is 0.0686. The molecule has 156 valence electrons. The van der Waals surface area contributed by atoms with Gasteiger partial charge in [-0.25, -0.2) is 18.9 Å². The van der Waals surface area contributed by atoms with E-state index in [1.165, 1.54) is 10.6 Å². The van der Waals surface area contributed by atoms with Crippen LogP contribution < -0.4 is 5.69 Å². The number of rotatable bonds is 5. The number of likely N-dealkylation sites (tertiary alicyclic amines) is 1. The summed E-state index contributed by atoms with van der Waals surface area (Å²) < 4.78 is 15.5. The Morgan fingerprint density at radius 1 is 1.17 bits per heavy atom. The zero-order valence-electron chi connectivity index (χ0n) is 16.7. The van der Waals surface area contributed by atoms with Gasteiger partial charge in [-0.05, 0) is 49.3 Å². The van der Waals surface area contributed by atoms with E-state index in [2.05, 4.69) is 10.2 Å². The van der Waals surface area contributed by atoms with Gasteiger partial charge in [0, 0.05) is 24.4 Å². The van der Waals surface area contributed by atoms with E-state index in [0.29, 0.717) is 25.3 Å². The molecule has 0 atom stereocenters. The van der Waals surface area contributed by atoms with Crippen LogP contribution in [0, 0.1) is 11.7 Å². The van der Waals surface area contributed by atoms with Gasteiger partial charge in [0.15, 0.2) is 0 Å². The molecule has 0 radical (unpaired) electrons. The average Bonchev–Trinajstić information content (AvgIpc) is 3.14. The van der Waals surface area contributed by atoms with Crippen molar-refractivity contribution >= 4 is 17.7 Å². The number of carbonyl (C=O) groups is 1. The Labute approximate surface area is 178 Å². The molecule has 0 aliphatic carbocycles. The van der Waals surface area contributed by atoms with E-state index in [0.717, 1.165) is 23.3 Å². The molecule has 1 N–H and O–H groups in total. The molecule has 0 unspecified atom stereocenters. The molecule has 1 saturated heterocycles. The van der Waals surface area contributed by atoms with Gasteiger partial charge in [-0.2, -0.15) is 5.10 Å². The second-order valence-corrected chi connectivity index (χ2v) is 8.22. The highest BCUT2D eigenvalue weighted by Crippen LogP contribution is 2.26. The van der Waals surface area contributed by atoms with Gasteiger partial charge >= 0.3 is 5.69 Å². The number of para-hydroxylation sites is 1. The Morgan fingerprint density at radius 2 is 1.87 bits per heavy atom. The summed E-state index contributed by atoms with van der Waals surface area (Å²) in [5.41, 5.74) is 0.494. The van der Waals surface area contributed by atoms with Crippen LogP contribution in [0.2, 0.25) is 0 Å². The van der Waals surface area contributed by atoms with Crippen LogP contribution in [0.15, 0.2) is 58.2 Å². The molecule has 0 spiro atoms. The van der Waals surface area contributed by atoms with Gasteiger partial charge < -0.3 is 4.90 Å². The van der Waals surface area contributed by atoms with Crippen molar-refractivity contribution in [1.82, 2.24) is 19.7 Å². The zero-order chi connectivity index (χ0) is 21.1. The SMILES string of the molecule is CSc1ccccc1C(=O)N1CCC(Cc2n[nH]c(=O)n2-c2ccccc2F)CC1. The van der Waals surface area contributed by atoms with Crippen LogP contribution in [-0.2, 0) is 6.42 Å². The van der Waals surface area contributed by atoms with E-state index in [-0.39, 0.29) is 17.5 Å². The number of carbonyl (C=O) groups excluding carboxylic acids is 1. The fourth-order valence-electron chi connectivity index (χ4n) is 3.94. The lowest BCUT2D eigenvalue weighted by Crippen LogP contribution is -2.39. The number of hydrogen-bond donors (Lipinski definition) is 1. The van der Waals surface area contributed by atoms with Gasteiger partial charge in [0.2, 0.25) is 0 Å². The topological polar surface area (TPSA) is 71.0 Å². The van der Waals surface area contributed by atoms with Crippen molar-refractivity contribution in [2.24, 2.45) is 5.92 Å². The van der Waals surface area contributed by atoms with Crippen LogP contribution in [0.5, 0.6) is 0 Å². The first-order valence-corrected chi connectivity index (χ1v) is 11.1. The summed E-state index contributed by atoms with van der Waals surface area (Å²) in [5.74, 6) is 0.379. The number of amides is 1. The van der Waals surface area contributed by atoms with Crippen LogP contribution in [0.25, 0.3) is 5.69 Å². The van der Waals surface area contributed by atoms with Gasteiger partial charge in [0.25, 0.3) is 5.91 Å². The summed E-state index contributed by atoms with van der Waals surface area (Å²) in [5, 5.41) is 6.56. The van der Waals surface area contributed by atoms with Crippen LogP contribution in [0.1, 0.15) is 29.0 Å². The van der Waals surface area contributed by atoms with Crippen molar-refractivity contribution in [3.63, 3.8) is 0 Å². The Bertz CT molecular complexity index is 1100. The highest BCUT2D eigenvalue weighted by atomic mass is 32.2. The number of thioether (sulfide) groups is 1. The number of hydrogen-bond acceptors (Lipinski definition) is 4. The second kappa shape index (κ2) is 8.87. The zero-order valence-corrected chi connectivity index (χ0v) is 17.5. The van der Waals surface area contributed by atoms with Crippen LogP contribution in [-0.4, -0.2) is 44.9 Å². The summed E-state index contributed by atoms with van der Waals surface area (Å²) in [4.78, 5) is 28.0. The minimum atomic E-state index is -0.463. The molecule has 1 amide bonds. The number of aromatic nitrogens is 3. The molecule has 1 fully saturated rings. The lowest BCUT2D eigenvalue weighted by Gasteiger charge is -2.32. The molecule has 30 heavy (non-hydrogen) atoms. The van der Waals surface area contributed by atoms with Crippen LogP contribution in [0.4, 0.5) is 4.39 Å². The molecular weight excluding hydrogens is 403 g/mol. The summed E-state index contributed by atoms with van der Waals surface area (Å²) in [6, 6.07) is 13.8. The number of aromatic amines is 1. The third kappa shape index (κ3) is 4.05. The van der Waals surface area contributed by atoms with Crippen molar-refractivity contribution < 1.29 is 9.18 Å². The van der Waals surface area contributed by atoms with Gasteiger partial charge in [0.1, 0.15) is 11.6 Å². The minimum Gasteiger partial charge on any atom is -0.339 e. The fraction of sp³-hybridized carbons (Fsp3) is 0.318. The predicted molar refractivity (Wildman–Crippen MR) is 115 cm³/mol. The third-order valence-corrected chi connectivity index (χ3v) is 6.34. The molecule has 6 nitrogen and oxygen atoms in total. The minimum absolute atomic E-state index is 0.0569. The maximum Gasteiger partial charge on any atom is 0.348 e. The molecule has 0 bridgehead atoms. The number of piperidine rings is 1. The quantitative estimate of drug-likeness (QED) is 0.634. The fourth-order valence-corrected chi connectivity index (χ4v) is 4.53. The van der Waals surface area contributed by atoms with Crippen LogP contribution in [0.3, 0.4) is 0 Å². The van der Waals surface area contributed by atoms with Crippen molar-refractivity contribution in [1.29, 1.82) is 0 Å². The van der Waals surface area contributed by atoms with Crippen molar-refractivity contribution in [3.05, 3.63) is 76.2 Å². The smallest absolute Gasteiger partial charge is 0.339 e. The standard InChI is InChI=1S/C22H23FN4O2S/c1-30-19-9-5-2-6-16(19)21(28)26-12-10-15(11-13-26)14-20-24-25-22(29)27(20)18-8-4-3-7-17(18)23/h2-9,15H,10-14H2,1H3,(H,25,29). The molecule has 2 aromatic carbocycles. The van der Waals surface area contributed by atoms with Crippen molar-refractivity contribution in [3.8, 4) is 5.69 Å². The van der Waals surface area contributed by atoms with E-state index >= 15 is 0 Å². The van der Waals surface area contributed by atoms with E-state index in [1.807, 2.05) is 35.4 Å². The number of nitrogens with one attached hydrogen (secondary N) is 1. The maximum atomic E-state index is 14.2. The van der Waals surface area contributed by atoms with Gasteiger partial charge in [0.05, 0.1) is 11.3 Å². The molecule has 2 heterocycles. The molecule has 1 aliphatic rings. The summed E-state index contributed by atoms with van der Waals surface area (Å²) in [6.45, 7) is 1.31. The first-order chi connectivity index (χ1) is 14.6. The maximum absolute atomic E-state index is 14.2. The van der Waals surface area contributed by atoms with Crippen LogP contribution >= 0.6 is 11.8 Å². The Kier molecular flexibility index (Phi) is 6.03. The first-order valence-electron chi connectivity index (χ1n) is 9.92. The summed E-state index contributed by atoms with van der Waals surface area (Å²) >= 11 is 1.57. The number of benzene rings is 2. The number of nitrogens with zero attached hydrogens (tertiary/aromatic N) is 3. The van der Waals surface area contributed by atoms with E-state index < -0.39 is 11.5 Å². The summed E-state index contributed by atoms with van der Waals surface area (Å²) in [7, 11) is 0. The first kappa shape index (κ1) is 20.4. The Balaban J connectivity index is 1.45. The molecule has 1 aliphatic heterocycles.